The quantitative estimate of drug-likeness (QED) is 0.676. The fraction of sp³-hybridized carbons (Fsp3) is 0.188. The molecular formula is C16H16BrN3S. The molecule has 2 heterocycles. The van der Waals surface area contributed by atoms with E-state index in [9.17, 15) is 0 Å². The molecule has 3 rings (SSSR count). The van der Waals surface area contributed by atoms with Crippen molar-refractivity contribution in [1.29, 1.82) is 0 Å². The maximum absolute atomic E-state index is 4.18. The van der Waals surface area contributed by atoms with Gasteiger partial charge in [-0.25, -0.2) is 0 Å². The zero-order valence-electron chi connectivity index (χ0n) is 11.9. The number of halogens is 1. The van der Waals surface area contributed by atoms with Gasteiger partial charge in [0.25, 0.3) is 0 Å². The first-order valence-electron chi connectivity index (χ1n) is 6.72. The minimum Gasteiger partial charge on any atom is -0.380 e. The van der Waals surface area contributed by atoms with E-state index in [4.69, 9.17) is 0 Å². The zero-order chi connectivity index (χ0) is 14.8. The van der Waals surface area contributed by atoms with Gasteiger partial charge in [0.05, 0.1) is 16.8 Å². The van der Waals surface area contributed by atoms with Crippen molar-refractivity contribution < 1.29 is 0 Å². The number of thiophene rings is 1. The molecule has 0 spiro atoms. The fourth-order valence-electron chi connectivity index (χ4n) is 2.45. The predicted molar refractivity (Wildman–Crippen MR) is 92.8 cm³/mol. The van der Waals surface area contributed by atoms with E-state index in [1.54, 1.807) is 11.3 Å². The summed E-state index contributed by atoms with van der Waals surface area (Å²) in [5, 5.41) is 12.9. The molecule has 2 aromatic heterocycles. The number of rotatable bonds is 4. The van der Waals surface area contributed by atoms with Crippen LogP contribution in [0.3, 0.4) is 0 Å². The molecule has 0 aliphatic carbocycles. The first-order valence-corrected chi connectivity index (χ1v) is 8.39. The molecule has 0 unspecified atom stereocenters. The lowest BCUT2D eigenvalue weighted by Gasteiger charge is -2.13. The molecule has 0 saturated carbocycles. The van der Waals surface area contributed by atoms with Crippen LogP contribution in [0.1, 0.15) is 16.7 Å². The monoisotopic (exact) mass is 361 g/mol. The van der Waals surface area contributed by atoms with Crippen molar-refractivity contribution in [3.8, 4) is 10.6 Å². The molecule has 0 aliphatic rings. The van der Waals surface area contributed by atoms with Crippen LogP contribution >= 0.6 is 27.3 Å². The van der Waals surface area contributed by atoms with E-state index >= 15 is 0 Å². The SMILES string of the molecule is Cc1cc(Br)cc(C)c1NCc1cn[nH]c1-c1cccs1. The van der Waals surface area contributed by atoms with Crippen LogP contribution in [0.5, 0.6) is 0 Å². The highest BCUT2D eigenvalue weighted by Gasteiger charge is 2.10. The van der Waals surface area contributed by atoms with Gasteiger partial charge in [-0.3, -0.25) is 5.10 Å². The van der Waals surface area contributed by atoms with E-state index < -0.39 is 0 Å². The summed E-state index contributed by atoms with van der Waals surface area (Å²) in [7, 11) is 0. The summed E-state index contributed by atoms with van der Waals surface area (Å²) < 4.78 is 1.12. The van der Waals surface area contributed by atoms with E-state index in [1.165, 1.54) is 27.3 Å². The normalized spacial score (nSPS) is 10.8. The number of nitrogens with zero attached hydrogens (tertiary/aromatic N) is 1. The fourth-order valence-corrected chi connectivity index (χ4v) is 3.89. The number of aromatic amines is 1. The minimum atomic E-state index is 0.757. The highest BCUT2D eigenvalue weighted by Crippen LogP contribution is 2.28. The maximum atomic E-state index is 4.18. The van der Waals surface area contributed by atoms with E-state index in [-0.39, 0.29) is 0 Å². The van der Waals surface area contributed by atoms with Gasteiger partial charge in [0.1, 0.15) is 0 Å². The predicted octanol–water partition coefficient (Wildman–Crippen LogP) is 5.13. The second-order valence-electron chi connectivity index (χ2n) is 5.02. The first-order chi connectivity index (χ1) is 10.1. The highest BCUT2D eigenvalue weighted by molar-refractivity contribution is 9.10. The molecule has 0 saturated heterocycles. The van der Waals surface area contributed by atoms with Gasteiger partial charge in [-0.05, 0) is 48.6 Å². The van der Waals surface area contributed by atoms with Crippen LogP contribution in [0.25, 0.3) is 10.6 Å². The third-order valence-electron chi connectivity index (χ3n) is 3.44. The average molecular weight is 362 g/mol. The van der Waals surface area contributed by atoms with Gasteiger partial charge in [-0.15, -0.1) is 11.3 Å². The molecule has 5 heteroatoms. The average Bonchev–Trinajstić information content (AvgIpc) is 3.07. The van der Waals surface area contributed by atoms with E-state index in [1.807, 2.05) is 6.20 Å². The lowest BCUT2D eigenvalue weighted by Crippen LogP contribution is -2.03. The number of hydrogen-bond donors (Lipinski definition) is 2. The summed E-state index contributed by atoms with van der Waals surface area (Å²) in [4.78, 5) is 1.22. The van der Waals surface area contributed by atoms with Gasteiger partial charge in [-0.2, -0.15) is 5.10 Å². The van der Waals surface area contributed by atoms with E-state index in [2.05, 4.69) is 74.9 Å². The number of aryl methyl sites for hydroxylation is 2. The number of aromatic nitrogens is 2. The van der Waals surface area contributed by atoms with Crippen LogP contribution in [0, 0.1) is 13.8 Å². The Morgan fingerprint density at radius 1 is 1.29 bits per heavy atom. The summed E-state index contributed by atoms with van der Waals surface area (Å²) in [6.45, 7) is 5.00. The molecule has 0 bridgehead atoms. The van der Waals surface area contributed by atoms with Gasteiger partial charge in [-0.1, -0.05) is 22.0 Å². The van der Waals surface area contributed by atoms with Crippen LogP contribution in [0.4, 0.5) is 5.69 Å². The number of benzene rings is 1. The molecule has 0 aliphatic heterocycles. The Hall–Kier alpha value is -1.59. The Morgan fingerprint density at radius 3 is 2.71 bits per heavy atom. The van der Waals surface area contributed by atoms with Gasteiger partial charge in [0.15, 0.2) is 0 Å². The number of nitrogens with one attached hydrogen (secondary N) is 2. The van der Waals surface area contributed by atoms with E-state index in [0.29, 0.717) is 0 Å². The molecule has 2 N–H and O–H groups in total. The van der Waals surface area contributed by atoms with Crippen LogP contribution in [-0.4, -0.2) is 10.2 Å². The molecule has 0 fully saturated rings. The lowest BCUT2D eigenvalue weighted by molar-refractivity contribution is 1.10. The van der Waals surface area contributed by atoms with Crippen molar-refractivity contribution in [1.82, 2.24) is 10.2 Å². The summed E-state index contributed by atoms with van der Waals surface area (Å²) in [5.41, 5.74) is 5.95. The minimum absolute atomic E-state index is 0.757. The Labute approximate surface area is 136 Å². The zero-order valence-corrected chi connectivity index (χ0v) is 14.3. The second-order valence-corrected chi connectivity index (χ2v) is 6.88. The third-order valence-corrected chi connectivity index (χ3v) is 4.78. The standard InChI is InChI=1S/C16H16BrN3S/c1-10-6-13(17)7-11(2)15(10)18-8-12-9-19-20-16(12)14-4-3-5-21-14/h3-7,9,18H,8H2,1-2H3,(H,19,20). The van der Waals surface area contributed by atoms with Crippen molar-refractivity contribution in [2.24, 2.45) is 0 Å². The number of hydrogen-bond acceptors (Lipinski definition) is 3. The molecule has 21 heavy (non-hydrogen) atoms. The molecule has 1 aromatic carbocycles. The second kappa shape index (κ2) is 6.03. The summed E-state index contributed by atoms with van der Waals surface area (Å²) in [5.74, 6) is 0. The largest absolute Gasteiger partial charge is 0.380 e. The van der Waals surface area contributed by atoms with Crippen molar-refractivity contribution in [3.05, 3.63) is 57.0 Å². The smallest absolute Gasteiger partial charge is 0.0799 e. The van der Waals surface area contributed by atoms with Crippen LogP contribution in [0.2, 0.25) is 0 Å². The first kappa shape index (κ1) is 14.4. The number of anilines is 1. The summed E-state index contributed by atoms with van der Waals surface area (Å²) in [6, 6.07) is 8.43. The Morgan fingerprint density at radius 2 is 2.05 bits per heavy atom. The third kappa shape index (κ3) is 3.04. The van der Waals surface area contributed by atoms with Gasteiger partial charge < -0.3 is 5.32 Å². The molecule has 3 nitrogen and oxygen atoms in total. The van der Waals surface area contributed by atoms with Crippen LogP contribution in [0.15, 0.2) is 40.3 Å². The van der Waals surface area contributed by atoms with E-state index in [0.717, 1.165) is 16.7 Å². The molecule has 3 aromatic rings. The summed E-state index contributed by atoms with van der Waals surface area (Å²) >= 11 is 5.25. The molecule has 0 radical (unpaired) electrons. The molecular weight excluding hydrogens is 346 g/mol. The Kier molecular flexibility index (Phi) is 4.12. The van der Waals surface area contributed by atoms with Crippen molar-refractivity contribution in [2.75, 3.05) is 5.32 Å². The lowest BCUT2D eigenvalue weighted by atomic mass is 10.1. The van der Waals surface area contributed by atoms with Gasteiger partial charge in [0.2, 0.25) is 0 Å². The Bertz CT molecular complexity index is 724. The van der Waals surface area contributed by atoms with Crippen molar-refractivity contribution in [2.45, 2.75) is 20.4 Å². The topological polar surface area (TPSA) is 40.7 Å². The Balaban J connectivity index is 1.82. The van der Waals surface area contributed by atoms with Crippen LogP contribution < -0.4 is 5.32 Å². The molecule has 0 atom stereocenters. The van der Waals surface area contributed by atoms with Gasteiger partial charge >= 0.3 is 0 Å². The molecule has 108 valence electrons. The summed E-state index contributed by atoms with van der Waals surface area (Å²) in [6.07, 6.45) is 1.89. The number of H-pyrrole nitrogens is 1. The maximum Gasteiger partial charge on any atom is 0.0799 e. The van der Waals surface area contributed by atoms with Crippen molar-refractivity contribution >= 4 is 33.0 Å². The van der Waals surface area contributed by atoms with Crippen LogP contribution in [-0.2, 0) is 6.54 Å². The van der Waals surface area contributed by atoms with Crippen molar-refractivity contribution in [3.63, 3.8) is 0 Å². The molecule has 0 amide bonds. The highest BCUT2D eigenvalue weighted by atomic mass is 79.9. The van der Waals surface area contributed by atoms with Gasteiger partial charge in [0, 0.05) is 22.3 Å².